The molecule has 0 radical (unpaired) electrons. The maximum absolute atomic E-state index is 13.0. The number of halogens is 2. The van der Waals surface area contributed by atoms with Gasteiger partial charge in [0.05, 0.1) is 12.1 Å². The Morgan fingerprint density at radius 1 is 1.56 bits per heavy atom. The van der Waals surface area contributed by atoms with Gasteiger partial charge in [0, 0.05) is 12.1 Å². The fourth-order valence-electron chi connectivity index (χ4n) is 1.89. The predicted molar refractivity (Wildman–Crippen MR) is 63.0 cm³/mol. The predicted octanol–water partition coefficient (Wildman–Crippen LogP) is 1.95. The van der Waals surface area contributed by atoms with E-state index in [1.54, 1.807) is 6.07 Å². The molecule has 1 aromatic rings. The van der Waals surface area contributed by atoms with Crippen LogP contribution in [0.25, 0.3) is 0 Å². The van der Waals surface area contributed by atoms with Gasteiger partial charge < -0.3 is 10.6 Å². The van der Waals surface area contributed by atoms with Crippen LogP contribution in [0, 0.1) is 5.82 Å². The highest BCUT2D eigenvalue weighted by atomic mass is 35.5. The van der Waals surface area contributed by atoms with E-state index in [-0.39, 0.29) is 5.82 Å². The molecule has 0 spiro atoms. The fourth-order valence-corrected chi connectivity index (χ4v) is 2.26. The third kappa shape index (κ3) is 1.53. The maximum Gasteiger partial charge on any atom is 0.191 e. The van der Waals surface area contributed by atoms with Gasteiger partial charge in [-0.3, -0.25) is 4.99 Å². The lowest BCUT2D eigenvalue weighted by Gasteiger charge is -2.34. The lowest BCUT2D eigenvalue weighted by atomic mass is 9.91. The second-order valence-electron chi connectivity index (χ2n) is 4.13. The normalized spacial score (nSPS) is 24.8. The van der Waals surface area contributed by atoms with Crippen LogP contribution in [0.3, 0.4) is 0 Å². The zero-order valence-electron chi connectivity index (χ0n) is 9.17. The average molecular weight is 242 g/mol. The molecule has 1 aromatic carbocycles. The Hall–Kier alpha value is -1.29. The fraction of sp³-hybridized carbons (Fsp3) is 0.364. The van der Waals surface area contributed by atoms with Gasteiger partial charge in [-0.25, -0.2) is 4.39 Å². The summed E-state index contributed by atoms with van der Waals surface area (Å²) < 4.78 is 13.0. The first-order valence-electron chi connectivity index (χ1n) is 4.94. The van der Waals surface area contributed by atoms with Gasteiger partial charge in [-0.05, 0) is 24.6 Å². The maximum atomic E-state index is 13.0. The van der Waals surface area contributed by atoms with Crippen molar-refractivity contribution in [3.8, 4) is 0 Å². The van der Waals surface area contributed by atoms with Gasteiger partial charge >= 0.3 is 0 Å². The molecule has 0 amide bonds. The number of nitrogens with two attached hydrogens (primary N) is 1. The van der Waals surface area contributed by atoms with Gasteiger partial charge in [-0.15, -0.1) is 0 Å². The van der Waals surface area contributed by atoms with Crippen molar-refractivity contribution >= 4 is 17.6 Å². The van der Waals surface area contributed by atoms with Crippen molar-refractivity contribution in [3.63, 3.8) is 0 Å². The molecule has 3 nitrogen and oxygen atoms in total. The van der Waals surface area contributed by atoms with E-state index in [9.17, 15) is 4.39 Å². The molecule has 0 bridgehead atoms. The van der Waals surface area contributed by atoms with Crippen LogP contribution < -0.4 is 5.73 Å². The molecule has 2 rings (SSSR count). The van der Waals surface area contributed by atoms with E-state index in [2.05, 4.69) is 4.99 Å². The topological polar surface area (TPSA) is 41.6 Å². The number of benzene rings is 1. The molecule has 86 valence electrons. The quantitative estimate of drug-likeness (QED) is 0.817. The van der Waals surface area contributed by atoms with Crippen LogP contribution in [-0.4, -0.2) is 24.5 Å². The highest BCUT2D eigenvalue weighted by Crippen LogP contribution is 2.35. The minimum atomic E-state index is -0.394. The number of rotatable bonds is 1. The molecule has 1 aliphatic heterocycles. The monoisotopic (exact) mass is 241 g/mol. The third-order valence-corrected chi connectivity index (χ3v) is 3.46. The second kappa shape index (κ2) is 3.63. The Bertz CT molecular complexity index is 461. The largest absolute Gasteiger partial charge is 0.370 e. The number of likely N-dealkylation sites (N-methyl/N-ethyl adjacent to an activating group) is 1. The molecule has 1 aliphatic rings. The SMILES string of the molecule is CN1C(N)=NCC1(C)c1ccc(F)cc1Cl. The molecule has 1 unspecified atom stereocenters. The van der Waals surface area contributed by atoms with Crippen LogP contribution in [0.1, 0.15) is 12.5 Å². The van der Waals surface area contributed by atoms with Crippen molar-refractivity contribution in [1.82, 2.24) is 4.90 Å². The van der Waals surface area contributed by atoms with Gasteiger partial charge in [-0.1, -0.05) is 17.7 Å². The number of nitrogens with zero attached hydrogens (tertiary/aromatic N) is 2. The van der Waals surface area contributed by atoms with Crippen molar-refractivity contribution in [2.75, 3.05) is 13.6 Å². The minimum absolute atomic E-state index is 0.341. The Kier molecular flexibility index (Phi) is 2.54. The Balaban J connectivity index is 2.45. The molecule has 16 heavy (non-hydrogen) atoms. The highest BCUT2D eigenvalue weighted by molar-refractivity contribution is 6.31. The number of hydrogen-bond acceptors (Lipinski definition) is 3. The van der Waals surface area contributed by atoms with Crippen LogP contribution in [-0.2, 0) is 5.54 Å². The zero-order chi connectivity index (χ0) is 11.9. The molecule has 2 N–H and O–H groups in total. The van der Waals surface area contributed by atoms with E-state index in [4.69, 9.17) is 17.3 Å². The molecule has 0 aromatic heterocycles. The van der Waals surface area contributed by atoms with E-state index in [0.717, 1.165) is 5.56 Å². The molecule has 0 saturated carbocycles. The summed E-state index contributed by atoms with van der Waals surface area (Å²) >= 11 is 6.05. The van der Waals surface area contributed by atoms with Gasteiger partial charge in [0.15, 0.2) is 5.96 Å². The minimum Gasteiger partial charge on any atom is -0.370 e. The van der Waals surface area contributed by atoms with Crippen molar-refractivity contribution in [2.24, 2.45) is 10.7 Å². The first kappa shape index (κ1) is 11.2. The summed E-state index contributed by atoms with van der Waals surface area (Å²) in [5.41, 5.74) is 6.17. The van der Waals surface area contributed by atoms with Gasteiger partial charge in [0.25, 0.3) is 0 Å². The van der Waals surface area contributed by atoms with Gasteiger partial charge in [0.2, 0.25) is 0 Å². The summed E-state index contributed by atoms with van der Waals surface area (Å²) in [4.78, 5) is 6.03. The molecular weight excluding hydrogens is 229 g/mol. The van der Waals surface area contributed by atoms with Crippen molar-refractivity contribution in [2.45, 2.75) is 12.5 Å². The first-order valence-corrected chi connectivity index (χ1v) is 5.32. The third-order valence-electron chi connectivity index (χ3n) is 3.14. The summed E-state index contributed by atoms with van der Waals surface area (Å²) in [6.07, 6.45) is 0. The summed E-state index contributed by atoms with van der Waals surface area (Å²) in [5, 5.41) is 0.402. The standard InChI is InChI=1S/C11H13ClFN3/c1-11(6-15-10(14)16(11)2)8-4-3-7(13)5-9(8)12/h3-5H,6H2,1-2H3,(H2,14,15). The number of hydrogen-bond donors (Lipinski definition) is 1. The van der Waals surface area contributed by atoms with Crippen LogP contribution in [0.5, 0.6) is 0 Å². The molecule has 5 heteroatoms. The first-order chi connectivity index (χ1) is 7.45. The smallest absolute Gasteiger partial charge is 0.191 e. The Morgan fingerprint density at radius 2 is 2.25 bits per heavy atom. The van der Waals surface area contributed by atoms with E-state index in [1.165, 1.54) is 12.1 Å². The highest BCUT2D eigenvalue weighted by Gasteiger charge is 2.38. The van der Waals surface area contributed by atoms with Gasteiger partial charge in [-0.2, -0.15) is 0 Å². The Labute approximate surface area is 98.7 Å². The summed E-state index contributed by atoms with van der Waals surface area (Å²) in [7, 11) is 1.85. The summed E-state index contributed by atoms with van der Waals surface area (Å²) in [5.74, 6) is 0.134. The number of guanidine groups is 1. The van der Waals surface area contributed by atoms with E-state index >= 15 is 0 Å². The molecule has 0 saturated heterocycles. The molecule has 0 aliphatic carbocycles. The summed E-state index contributed by atoms with van der Waals surface area (Å²) in [6.45, 7) is 2.51. The van der Waals surface area contributed by atoms with E-state index in [0.29, 0.717) is 17.5 Å². The lowest BCUT2D eigenvalue weighted by Crippen LogP contribution is -2.44. The summed E-state index contributed by atoms with van der Waals surface area (Å²) in [6, 6.07) is 4.39. The van der Waals surface area contributed by atoms with Crippen LogP contribution >= 0.6 is 11.6 Å². The molecule has 1 heterocycles. The lowest BCUT2D eigenvalue weighted by molar-refractivity contribution is 0.267. The van der Waals surface area contributed by atoms with E-state index < -0.39 is 5.54 Å². The van der Waals surface area contributed by atoms with Crippen LogP contribution in [0.4, 0.5) is 4.39 Å². The zero-order valence-corrected chi connectivity index (χ0v) is 9.92. The molecule has 0 fully saturated rings. The van der Waals surface area contributed by atoms with E-state index in [1.807, 2.05) is 18.9 Å². The van der Waals surface area contributed by atoms with Crippen LogP contribution in [0.15, 0.2) is 23.2 Å². The van der Waals surface area contributed by atoms with Crippen molar-refractivity contribution in [1.29, 1.82) is 0 Å². The Morgan fingerprint density at radius 3 is 2.75 bits per heavy atom. The number of aliphatic imine (C=N–C) groups is 1. The molecular formula is C11H13ClFN3. The average Bonchev–Trinajstić information content (AvgIpc) is 2.47. The van der Waals surface area contributed by atoms with Gasteiger partial charge in [0.1, 0.15) is 5.82 Å². The van der Waals surface area contributed by atoms with Crippen molar-refractivity contribution in [3.05, 3.63) is 34.6 Å². The van der Waals surface area contributed by atoms with Crippen LogP contribution in [0.2, 0.25) is 5.02 Å². The van der Waals surface area contributed by atoms with Crippen molar-refractivity contribution < 1.29 is 4.39 Å². The molecule has 1 atom stereocenters. The second-order valence-corrected chi connectivity index (χ2v) is 4.54.